The third kappa shape index (κ3) is 15.7. The third-order valence-corrected chi connectivity index (χ3v) is 0.854. The van der Waals surface area contributed by atoms with Gasteiger partial charge in [0.05, 0.1) is 0 Å². The van der Waals surface area contributed by atoms with Crippen molar-refractivity contribution in [3.05, 3.63) is 6.92 Å². The number of halogens is 1. The van der Waals surface area contributed by atoms with E-state index in [0.29, 0.717) is 0 Å². The fraction of sp³-hybridized carbons (Fsp3) is 0.833. The van der Waals surface area contributed by atoms with Gasteiger partial charge in [-0.25, -0.2) is 0 Å². The molecule has 0 unspecified atom stereocenters. The summed E-state index contributed by atoms with van der Waals surface area (Å²) in [5.41, 5.74) is 0. The van der Waals surface area contributed by atoms with Crippen molar-refractivity contribution in [2.24, 2.45) is 0 Å². The van der Waals surface area contributed by atoms with Crippen molar-refractivity contribution in [2.45, 2.75) is 32.6 Å². The van der Waals surface area contributed by atoms with Crippen LogP contribution in [0.5, 0.6) is 0 Å². The summed E-state index contributed by atoms with van der Waals surface area (Å²) >= 11 is 0. The van der Waals surface area contributed by atoms with E-state index in [1.807, 2.05) is 0 Å². The van der Waals surface area contributed by atoms with E-state index in [9.17, 15) is 0 Å². The van der Waals surface area contributed by atoms with Crippen molar-refractivity contribution >= 4 is 0 Å². The molecule has 0 aromatic rings. The molecular weight excluding hydrogens is 308 g/mol. The topological polar surface area (TPSA) is 0 Å². The number of hydrogen-bond donors (Lipinski definition) is 0. The van der Waals surface area contributed by atoms with Crippen molar-refractivity contribution in [3.63, 3.8) is 0 Å². The van der Waals surface area contributed by atoms with Crippen LogP contribution >= 0.6 is 0 Å². The van der Waals surface area contributed by atoms with Crippen molar-refractivity contribution in [1.82, 2.24) is 0 Å². The number of hydrogen-bond acceptors (Lipinski definition) is 0. The molecule has 0 aliphatic rings. The first-order valence-corrected chi connectivity index (χ1v) is 2.71. The van der Waals surface area contributed by atoms with Crippen molar-refractivity contribution < 1.29 is 40.1 Å². The van der Waals surface area contributed by atoms with Crippen LogP contribution in [-0.4, -0.2) is 0 Å². The molecule has 0 bridgehead atoms. The minimum absolute atomic E-state index is 0. The summed E-state index contributed by atoms with van der Waals surface area (Å²) < 4.78 is 0. The molecule has 0 amide bonds. The quantitative estimate of drug-likeness (QED) is 0.481. The Bertz CT molecular complexity index is 20.5. The minimum Gasteiger partial charge on any atom is -1.00 e. The van der Waals surface area contributed by atoms with Crippen LogP contribution in [0.1, 0.15) is 32.6 Å². The van der Waals surface area contributed by atoms with Crippen LogP contribution < -0.4 is 12.4 Å². The average Bonchev–Trinajstić information content (AvgIpc) is 1.61. The van der Waals surface area contributed by atoms with Gasteiger partial charge in [0.15, 0.2) is 0 Å². The fourth-order valence-electron chi connectivity index (χ4n) is 0.427. The smallest absolute Gasteiger partial charge is 1.00 e. The second-order valence-corrected chi connectivity index (χ2v) is 1.56. The van der Waals surface area contributed by atoms with Crippen molar-refractivity contribution in [1.29, 1.82) is 0 Å². The monoisotopic (exact) mass is 322 g/mol. The maximum atomic E-state index is 3.72. The van der Waals surface area contributed by atoms with Gasteiger partial charge < -0.3 is 12.4 Å². The molecule has 0 rings (SSSR count). The molecule has 0 aliphatic heterocycles. The molecule has 0 nitrogen and oxygen atoms in total. The van der Waals surface area contributed by atoms with Crippen molar-refractivity contribution in [2.75, 3.05) is 0 Å². The maximum Gasteiger partial charge on any atom is 1.00 e. The van der Waals surface area contributed by atoms with E-state index in [-0.39, 0.29) is 40.1 Å². The second-order valence-electron chi connectivity index (χ2n) is 1.56. The van der Waals surface area contributed by atoms with Crippen LogP contribution in [0.2, 0.25) is 0 Å². The van der Waals surface area contributed by atoms with E-state index >= 15 is 0 Å². The fourth-order valence-corrected chi connectivity index (χ4v) is 0.427. The minimum atomic E-state index is 0. The van der Waals surface area contributed by atoms with E-state index in [0.717, 1.165) is 6.42 Å². The molecule has 0 saturated heterocycles. The summed E-state index contributed by atoms with van der Waals surface area (Å²) in [6.45, 7) is 5.93. The summed E-state index contributed by atoms with van der Waals surface area (Å²) in [5.74, 6) is 0. The Hall–Kier alpha value is 1.23. The number of rotatable bonds is 3. The Morgan fingerprint density at radius 2 is 1.75 bits per heavy atom. The van der Waals surface area contributed by atoms with Crippen LogP contribution in [-0.2, 0) is 27.7 Å². The molecule has 0 N–H and O–H groups in total. The van der Waals surface area contributed by atoms with E-state index in [1.165, 1.54) is 19.3 Å². The van der Waals surface area contributed by atoms with Crippen LogP contribution in [0, 0.1) is 6.92 Å². The summed E-state index contributed by atoms with van der Waals surface area (Å²) in [6, 6.07) is 0. The first-order chi connectivity index (χ1) is 2.91. The van der Waals surface area contributed by atoms with Gasteiger partial charge in [0, 0.05) is 0 Å². The van der Waals surface area contributed by atoms with Crippen LogP contribution in [0.15, 0.2) is 0 Å². The van der Waals surface area contributed by atoms with Gasteiger partial charge in [-0.05, 0) is 0 Å². The first kappa shape index (κ1) is 16.1. The summed E-state index contributed by atoms with van der Waals surface area (Å²) in [5, 5.41) is 0. The average molecular weight is 321 g/mol. The first-order valence-electron chi connectivity index (χ1n) is 2.71. The third-order valence-electron chi connectivity index (χ3n) is 0.854. The van der Waals surface area contributed by atoms with E-state index in [1.54, 1.807) is 0 Å². The zero-order valence-corrected chi connectivity index (χ0v) is 11.9. The molecule has 0 saturated carbocycles. The van der Waals surface area contributed by atoms with Crippen LogP contribution in [0.4, 0.5) is 0 Å². The molecule has 2 radical (unpaired) electrons. The predicted octanol–water partition coefficient (Wildman–Crippen LogP) is -0.598. The zero-order chi connectivity index (χ0) is 4.83. The molecule has 0 aliphatic carbocycles. The molecular formula is C6H13ClHg. The molecule has 0 fully saturated rings. The summed E-state index contributed by atoms with van der Waals surface area (Å²) in [6.07, 6.45) is 5.07. The van der Waals surface area contributed by atoms with Gasteiger partial charge in [-0.2, -0.15) is 0 Å². The standard InChI is InChI=1S/C6H13.ClH.Hg/c1-3-5-6-4-2;;/h1,3-6H2,2H3;1H;/q;;+1/p-1. The van der Waals surface area contributed by atoms with Crippen LogP contribution in [0.3, 0.4) is 0 Å². The molecule has 46 valence electrons. The Balaban J connectivity index is -0.000000125. The SMILES string of the molecule is [CH2]CCCCC.[Cl-].[Hg+]. The predicted molar refractivity (Wildman–Crippen MR) is 29.5 cm³/mol. The normalized spacial score (nSPS) is 6.75. The maximum absolute atomic E-state index is 3.72. The molecule has 0 spiro atoms. The Morgan fingerprint density at radius 1 is 1.25 bits per heavy atom. The van der Waals surface area contributed by atoms with E-state index < -0.39 is 0 Å². The summed E-state index contributed by atoms with van der Waals surface area (Å²) in [4.78, 5) is 0. The number of unbranched alkanes of at least 4 members (excludes halogenated alkanes) is 3. The van der Waals surface area contributed by atoms with Crippen molar-refractivity contribution in [3.8, 4) is 0 Å². The Morgan fingerprint density at radius 3 is 1.88 bits per heavy atom. The molecule has 8 heavy (non-hydrogen) atoms. The molecule has 0 aromatic heterocycles. The van der Waals surface area contributed by atoms with Gasteiger partial charge in [0.1, 0.15) is 0 Å². The van der Waals surface area contributed by atoms with Gasteiger partial charge in [-0.15, -0.1) is 0 Å². The van der Waals surface area contributed by atoms with Gasteiger partial charge in [0.2, 0.25) is 0 Å². The zero-order valence-electron chi connectivity index (χ0n) is 5.62. The van der Waals surface area contributed by atoms with Gasteiger partial charge in [-0.3, -0.25) is 0 Å². The largest absolute Gasteiger partial charge is 1.00 e. The van der Waals surface area contributed by atoms with Gasteiger partial charge >= 0.3 is 27.7 Å². The Kier molecular flexibility index (Phi) is 31.7. The van der Waals surface area contributed by atoms with Crippen LogP contribution in [0.25, 0.3) is 0 Å². The van der Waals surface area contributed by atoms with E-state index in [4.69, 9.17) is 0 Å². The Labute approximate surface area is 79.3 Å². The molecule has 0 heterocycles. The van der Waals surface area contributed by atoms with Gasteiger partial charge in [-0.1, -0.05) is 39.5 Å². The molecule has 0 aromatic carbocycles. The summed E-state index contributed by atoms with van der Waals surface area (Å²) in [7, 11) is 0. The molecule has 2 heteroatoms. The second kappa shape index (κ2) is 15.7. The van der Waals surface area contributed by atoms with Gasteiger partial charge in [0.25, 0.3) is 0 Å². The van der Waals surface area contributed by atoms with E-state index in [2.05, 4.69) is 13.8 Å². The molecule has 0 atom stereocenters.